The fourth-order valence-corrected chi connectivity index (χ4v) is 2.25. The molecule has 2 aromatic carbocycles. The molecule has 0 saturated heterocycles. The van der Waals surface area contributed by atoms with Crippen molar-refractivity contribution in [1.82, 2.24) is 0 Å². The average molecular weight is 353 g/mol. The van der Waals surface area contributed by atoms with E-state index in [1.807, 2.05) is 24.3 Å². The number of benzene rings is 2. The summed E-state index contributed by atoms with van der Waals surface area (Å²) in [6.07, 6.45) is 6.65. The third kappa shape index (κ3) is 5.73. The third-order valence-corrected chi connectivity index (χ3v) is 3.37. The van der Waals surface area contributed by atoms with Crippen LogP contribution in [0.15, 0.2) is 59.1 Å². The van der Waals surface area contributed by atoms with Gasteiger partial charge in [0.2, 0.25) is 0 Å². The molecule has 0 aliphatic carbocycles. The van der Waals surface area contributed by atoms with Gasteiger partial charge < -0.3 is 5.11 Å². The van der Waals surface area contributed by atoms with Gasteiger partial charge in [-0.05, 0) is 38.7 Å². The summed E-state index contributed by atoms with van der Waals surface area (Å²) in [4.78, 5) is 0. The minimum absolute atomic E-state index is 0.0930. The van der Waals surface area contributed by atoms with Crippen molar-refractivity contribution in [2.24, 2.45) is 0 Å². The first kappa shape index (κ1) is 16.3. The van der Waals surface area contributed by atoms with Crippen LogP contribution in [-0.4, -0.2) is 11.7 Å². The zero-order valence-electron chi connectivity index (χ0n) is 12.2. The zero-order chi connectivity index (χ0) is 15.6. The van der Waals surface area contributed by atoms with Gasteiger partial charge in [0.1, 0.15) is 0 Å². The van der Waals surface area contributed by atoms with Crippen LogP contribution in [-0.2, 0) is 0 Å². The standard InChI is InChI=1S/C20H17BrO/c21-20(8-4-5-15-22)16-19-13-11-18(12-14-19)10-9-17-6-2-1-3-7-17/h1-3,6-7,9-14,16,22H,5,15H2/b10-9+,20-16-. The van der Waals surface area contributed by atoms with E-state index >= 15 is 0 Å². The summed E-state index contributed by atoms with van der Waals surface area (Å²) in [6.45, 7) is 0.0930. The molecule has 0 amide bonds. The summed E-state index contributed by atoms with van der Waals surface area (Å²) < 4.78 is 0.813. The van der Waals surface area contributed by atoms with Gasteiger partial charge in [0.05, 0.1) is 11.1 Å². The van der Waals surface area contributed by atoms with Crippen molar-refractivity contribution in [3.63, 3.8) is 0 Å². The molecule has 0 atom stereocenters. The lowest BCUT2D eigenvalue weighted by atomic mass is 10.1. The van der Waals surface area contributed by atoms with E-state index < -0.39 is 0 Å². The Morgan fingerprint density at radius 1 is 0.909 bits per heavy atom. The van der Waals surface area contributed by atoms with Crippen LogP contribution in [0.25, 0.3) is 18.2 Å². The molecule has 0 unspecified atom stereocenters. The van der Waals surface area contributed by atoms with Gasteiger partial charge in [-0.1, -0.05) is 78.6 Å². The van der Waals surface area contributed by atoms with Gasteiger partial charge in [0.15, 0.2) is 0 Å². The molecule has 0 radical (unpaired) electrons. The van der Waals surface area contributed by atoms with Gasteiger partial charge in [0.25, 0.3) is 0 Å². The largest absolute Gasteiger partial charge is 0.395 e. The highest BCUT2D eigenvalue weighted by molar-refractivity contribution is 9.12. The lowest BCUT2D eigenvalue weighted by molar-refractivity contribution is 0.305. The first-order valence-corrected chi connectivity index (χ1v) is 7.87. The monoisotopic (exact) mass is 352 g/mol. The average Bonchev–Trinajstić information content (AvgIpc) is 2.55. The highest BCUT2D eigenvalue weighted by Gasteiger charge is 1.92. The van der Waals surface area contributed by atoms with E-state index in [2.05, 4.69) is 76.3 Å². The van der Waals surface area contributed by atoms with Crippen LogP contribution in [0, 0.1) is 11.8 Å². The fraction of sp³-hybridized carbons (Fsp3) is 0.100. The Balaban J connectivity index is 2.03. The van der Waals surface area contributed by atoms with Crippen molar-refractivity contribution in [2.45, 2.75) is 6.42 Å². The first-order chi connectivity index (χ1) is 10.8. The maximum Gasteiger partial charge on any atom is 0.0679 e. The molecule has 22 heavy (non-hydrogen) atoms. The number of halogens is 1. The van der Waals surface area contributed by atoms with E-state index in [1.54, 1.807) is 0 Å². The Morgan fingerprint density at radius 3 is 2.14 bits per heavy atom. The van der Waals surface area contributed by atoms with E-state index in [-0.39, 0.29) is 6.61 Å². The van der Waals surface area contributed by atoms with Crippen LogP contribution in [0.4, 0.5) is 0 Å². The molecule has 1 N–H and O–H groups in total. The normalized spacial score (nSPS) is 11.3. The SMILES string of the molecule is OCCC#C/C(Br)=C/c1ccc(/C=C/c2ccccc2)cc1. The van der Waals surface area contributed by atoms with Crippen LogP contribution < -0.4 is 0 Å². The molecule has 0 heterocycles. The Bertz CT molecular complexity index is 701. The molecular formula is C20H17BrO. The van der Waals surface area contributed by atoms with E-state index in [4.69, 9.17) is 5.11 Å². The molecule has 1 nitrogen and oxygen atoms in total. The number of allylic oxidation sites excluding steroid dienone is 1. The van der Waals surface area contributed by atoms with Crippen molar-refractivity contribution in [1.29, 1.82) is 0 Å². The topological polar surface area (TPSA) is 20.2 Å². The second kappa shape index (κ2) is 9.04. The molecule has 0 bridgehead atoms. The Hall–Kier alpha value is -2.08. The fourth-order valence-electron chi connectivity index (χ4n) is 1.85. The highest BCUT2D eigenvalue weighted by atomic mass is 79.9. The van der Waals surface area contributed by atoms with E-state index in [9.17, 15) is 0 Å². The smallest absolute Gasteiger partial charge is 0.0679 e. The van der Waals surface area contributed by atoms with E-state index in [0.29, 0.717) is 6.42 Å². The third-order valence-electron chi connectivity index (χ3n) is 2.94. The van der Waals surface area contributed by atoms with Gasteiger partial charge in [-0.3, -0.25) is 0 Å². The lowest BCUT2D eigenvalue weighted by Gasteiger charge is -1.97. The van der Waals surface area contributed by atoms with Crippen molar-refractivity contribution in [3.05, 3.63) is 75.8 Å². The van der Waals surface area contributed by atoms with Crippen molar-refractivity contribution in [3.8, 4) is 11.8 Å². The molecule has 110 valence electrons. The second-order valence-electron chi connectivity index (χ2n) is 4.68. The van der Waals surface area contributed by atoms with E-state index in [0.717, 1.165) is 15.6 Å². The van der Waals surface area contributed by atoms with Gasteiger partial charge in [-0.25, -0.2) is 0 Å². The summed E-state index contributed by atoms with van der Waals surface area (Å²) >= 11 is 3.42. The molecular weight excluding hydrogens is 336 g/mol. The van der Waals surface area contributed by atoms with Crippen molar-refractivity contribution in [2.75, 3.05) is 6.61 Å². The van der Waals surface area contributed by atoms with Crippen LogP contribution in [0.5, 0.6) is 0 Å². The Kier molecular flexibility index (Phi) is 6.70. The number of aliphatic hydroxyl groups excluding tert-OH is 1. The number of aliphatic hydroxyl groups is 1. The molecule has 2 aromatic rings. The first-order valence-electron chi connectivity index (χ1n) is 7.08. The molecule has 0 aliphatic heterocycles. The number of hydrogen-bond donors (Lipinski definition) is 1. The molecule has 0 aromatic heterocycles. The zero-order valence-corrected chi connectivity index (χ0v) is 13.8. The summed E-state index contributed by atoms with van der Waals surface area (Å²) in [7, 11) is 0. The Labute approximate surface area is 140 Å². The molecule has 2 rings (SSSR count). The molecule has 0 fully saturated rings. The quantitative estimate of drug-likeness (QED) is 0.607. The number of rotatable bonds is 4. The predicted molar refractivity (Wildman–Crippen MR) is 98.2 cm³/mol. The lowest BCUT2D eigenvalue weighted by Crippen LogP contribution is -1.77. The molecule has 2 heteroatoms. The minimum Gasteiger partial charge on any atom is -0.395 e. The molecule has 0 spiro atoms. The molecule has 0 aliphatic rings. The summed E-state index contributed by atoms with van der Waals surface area (Å²) in [5, 5.41) is 8.69. The minimum atomic E-state index is 0.0930. The van der Waals surface area contributed by atoms with Crippen molar-refractivity contribution < 1.29 is 5.11 Å². The predicted octanol–water partition coefficient (Wildman–Crippen LogP) is 4.98. The summed E-state index contributed by atoms with van der Waals surface area (Å²) in [5.74, 6) is 5.83. The van der Waals surface area contributed by atoms with E-state index in [1.165, 1.54) is 5.56 Å². The maximum atomic E-state index is 8.69. The van der Waals surface area contributed by atoms with Gasteiger partial charge >= 0.3 is 0 Å². The molecule has 0 saturated carbocycles. The van der Waals surface area contributed by atoms with Gasteiger partial charge in [-0.15, -0.1) is 0 Å². The van der Waals surface area contributed by atoms with Crippen molar-refractivity contribution >= 4 is 34.2 Å². The van der Waals surface area contributed by atoms with Crippen LogP contribution in [0.2, 0.25) is 0 Å². The summed E-state index contributed by atoms with van der Waals surface area (Å²) in [5.41, 5.74) is 3.43. The Morgan fingerprint density at radius 2 is 1.50 bits per heavy atom. The maximum absolute atomic E-state index is 8.69. The van der Waals surface area contributed by atoms with Crippen LogP contribution >= 0.6 is 15.9 Å². The highest BCUT2D eigenvalue weighted by Crippen LogP contribution is 2.14. The van der Waals surface area contributed by atoms with Crippen LogP contribution in [0.1, 0.15) is 23.1 Å². The van der Waals surface area contributed by atoms with Crippen LogP contribution in [0.3, 0.4) is 0 Å². The van der Waals surface area contributed by atoms with Gasteiger partial charge in [-0.2, -0.15) is 0 Å². The van der Waals surface area contributed by atoms with Gasteiger partial charge in [0, 0.05) is 6.42 Å². The number of hydrogen-bond acceptors (Lipinski definition) is 1. The second-order valence-corrected chi connectivity index (χ2v) is 5.53. The summed E-state index contributed by atoms with van der Waals surface area (Å²) in [6, 6.07) is 18.5.